The largest absolute Gasteiger partial charge is 1.00 e. The predicted molar refractivity (Wildman–Crippen MR) is 112 cm³/mol. The van der Waals surface area contributed by atoms with Crippen molar-refractivity contribution >= 4 is 52.0 Å². The summed E-state index contributed by atoms with van der Waals surface area (Å²) in [6, 6.07) is 22.1. The molecule has 2 N–H and O–H groups in total. The fourth-order valence-corrected chi connectivity index (χ4v) is 3.27. The number of nitrogens with zero attached hydrogens (tertiary/aromatic N) is 4. The number of hydrazine groups is 1. The highest BCUT2D eigenvalue weighted by Crippen LogP contribution is 2.27. The van der Waals surface area contributed by atoms with Crippen molar-refractivity contribution in [2.24, 2.45) is 5.10 Å². The quantitative estimate of drug-likeness (QED) is 0.394. The van der Waals surface area contributed by atoms with E-state index in [4.69, 9.17) is 45.2 Å². The lowest BCUT2D eigenvalue weighted by atomic mass is 10.2. The topological polar surface area (TPSA) is 59.2 Å². The van der Waals surface area contributed by atoms with Gasteiger partial charge in [0.15, 0.2) is 0 Å². The summed E-state index contributed by atoms with van der Waals surface area (Å²) in [4.78, 5) is 0. The summed E-state index contributed by atoms with van der Waals surface area (Å²) in [6.45, 7) is 0. The van der Waals surface area contributed by atoms with Crippen molar-refractivity contribution < 1.29 is 29.4 Å². The van der Waals surface area contributed by atoms with Crippen LogP contribution in [0.5, 0.6) is 0 Å². The van der Waals surface area contributed by atoms with E-state index in [1.54, 1.807) is 29.4 Å². The lowest BCUT2D eigenvalue weighted by Crippen LogP contribution is -3.00. The lowest BCUT2D eigenvalue weighted by molar-refractivity contribution is -0.545. The standard InChI is InChI=1S/C20H12Cl3N5.HI/c21-15-2-1-3-17(11-15)28-26-20(14-6-9-18(22)19(23)10-14)25-27(28)16-7-4-13(12-24)5-8-16;/h1-11H,(H,25,26);1H. The van der Waals surface area contributed by atoms with Crippen molar-refractivity contribution in [3.05, 3.63) is 92.9 Å². The fourth-order valence-electron chi connectivity index (χ4n) is 2.79. The molecule has 0 saturated heterocycles. The summed E-state index contributed by atoms with van der Waals surface area (Å²) in [5.74, 6) is 0.711. The average Bonchev–Trinajstić information content (AvgIpc) is 3.15. The molecular weight excluding hydrogens is 544 g/mol. The van der Waals surface area contributed by atoms with Crippen LogP contribution in [0.1, 0.15) is 11.1 Å². The Morgan fingerprint density at radius 1 is 0.862 bits per heavy atom. The van der Waals surface area contributed by atoms with Gasteiger partial charge in [-0.05, 0) is 60.7 Å². The van der Waals surface area contributed by atoms with E-state index in [1.807, 2.05) is 53.0 Å². The number of quaternary nitrogens is 1. The van der Waals surface area contributed by atoms with Crippen molar-refractivity contribution in [3.63, 3.8) is 0 Å². The first kappa shape index (κ1) is 21.7. The second-order valence-corrected chi connectivity index (χ2v) is 7.27. The van der Waals surface area contributed by atoms with E-state index in [1.165, 1.54) is 0 Å². The van der Waals surface area contributed by atoms with Crippen LogP contribution in [0.4, 0.5) is 11.4 Å². The number of nitrogens with two attached hydrogens (primary N) is 1. The Kier molecular flexibility index (Phi) is 6.88. The van der Waals surface area contributed by atoms with Gasteiger partial charge in [-0.2, -0.15) is 10.7 Å². The third kappa shape index (κ3) is 4.60. The highest BCUT2D eigenvalue weighted by Gasteiger charge is 2.31. The summed E-state index contributed by atoms with van der Waals surface area (Å²) in [5, 5.41) is 19.0. The molecule has 4 rings (SSSR count). The fraction of sp³-hybridized carbons (Fsp3) is 0. The van der Waals surface area contributed by atoms with Gasteiger partial charge in [-0.15, -0.1) is 10.2 Å². The number of hydrogen-bond acceptors (Lipinski definition) is 4. The summed E-state index contributed by atoms with van der Waals surface area (Å²) in [5.41, 5.74) is 4.94. The first-order valence-corrected chi connectivity index (χ1v) is 9.42. The molecule has 0 aliphatic carbocycles. The second-order valence-electron chi connectivity index (χ2n) is 6.02. The van der Waals surface area contributed by atoms with Crippen LogP contribution in [-0.4, -0.2) is 5.84 Å². The third-order valence-corrected chi connectivity index (χ3v) is 5.14. The Morgan fingerprint density at radius 3 is 2.28 bits per heavy atom. The number of halogens is 4. The summed E-state index contributed by atoms with van der Waals surface area (Å²) >= 11 is 18.4. The smallest absolute Gasteiger partial charge is 0.277 e. The Morgan fingerprint density at radius 2 is 1.62 bits per heavy atom. The van der Waals surface area contributed by atoms with Crippen LogP contribution in [-0.2, 0) is 0 Å². The number of rotatable bonds is 3. The van der Waals surface area contributed by atoms with Crippen LogP contribution < -0.4 is 39.6 Å². The van der Waals surface area contributed by atoms with Crippen LogP contribution >= 0.6 is 34.8 Å². The molecule has 0 unspecified atom stereocenters. The maximum Gasteiger partial charge on any atom is 0.277 e. The van der Waals surface area contributed by atoms with Gasteiger partial charge in [0.2, 0.25) is 0 Å². The zero-order valence-electron chi connectivity index (χ0n) is 14.7. The van der Waals surface area contributed by atoms with Gasteiger partial charge in [0, 0.05) is 5.02 Å². The van der Waals surface area contributed by atoms with Crippen LogP contribution in [0.15, 0.2) is 71.8 Å². The Bertz CT molecular complexity index is 1110. The van der Waals surface area contributed by atoms with Gasteiger partial charge >= 0.3 is 0 Å². The molecule has 1 heterocycles. The number of benzene rings is 3. The summed E-state index contributed by atoms with van der Waals surface area (Å²) < 4.78 is 0. The summed E-state index contributed by atoms with van der Waals surface area (Å²) in [7, 11) is 0. The van der Waals surface area contributed by atoms with Crippen LogP contribution in [0.2, 0.25) is 15.1 Å². The van der Waals surface area contributed by atoms with Gasteiger partial charge < -0.3 is 24.0 Å². The third-order valence-electron chi connectivity index (χ3n) is 4.17. The number of hydrazone groups is 1. The highest BCUT2D eigenvalue weighted by atomic mass is 127. The minimum atomic E-state index is 0. The molecule has 3 aromatic rings. The van der Waals surface area contributed by atoms with Gasteiger partial charge in [0.05, 0.1) is 32.9 Å². The zero-order chi connectivity index (χ0) is 19.7. The van der Waals surface area contributed by atoms with E-state index in [0.717, 1.165) is 16.9 Å². The van der Waals surface area contributed by atoms with Crippen LogP contribution in [0.25, 0.3) is 0 Å². The highest BCUT2D eigenvalue weighted by molar-refractivity contribution is 6.42. The first-order chi connectivity index (χ1) is 13.5. The maximum absolute atomic E-state index is 9.05. The minimum absolute atomic E-state index is 0. The molecule has 9 heteroatoms. The predicted octanol–water partition coefficient (Wildman–Crippen LogP) is 1.60. The van der Waals surface area contributed by atoms with Gasteiger partial charge in [-0.25, -0.2) is 0 Å². The summed E-state index contributed by atoms with van der Waals surface area (Å²) in [6.07, 6.45) is 0. The van der Waals surface area contributed by atoms with Crippen molar-refractivity contribution in [2.45, 2.75) is 0 Å². The molecule has 0 bridgehead atoms. The Hall–Kier alpha value is -2.02. The molecular formula is C20H13Cl3IN5. The number of anilines is 2. The van der Waals surface area contributed by atoms with Crippen molar-refractivity contribution in [1.82, 2.24) is 0 Å². The molecule has 3 aromatic carbocycles. The minimum Gasteiger partial charge on any atom is -1.00 e. The molecule has 1 aliphatic heterocycles. The van der Waals surface area contributed by atoms with Crippen molar-refractivity contribution in [3.8, 4) is 6.07 Å². The molecule has 0 aromatic heterocycles. The molecule has 1 aliphatic rings. The first-order valence-electron chi connectivity index (χ1n) is 8.29. The van der Waals surface area contributed by atoms with Crippen LogP contribution in [0.3, 0.4) is 0 Å². The van der Waals surface area contributed by atoms with Crippen LogP contribution in [0, 0.1) is 11.3 Å². The average molecular weight is 557 g/mol. The SMILES string of the molecule is N#Cc1ccc(N2N=C(c3ccc(Cl)c(Cl)c3)[NH2+]N2c2cccc(Cl)c2)cc1.[I-]. The monoisotopic (exact) mass is 555 g/mol. The molecule has 0 spiro atoms. The molecule has 0 fully saturated rings. The molecule has 0 saturated carbocycles. The maximum atomic E-state index is 9.05. The number of nitriles is 1. The lowest BCUT2D eigenvalue weighted by Gasteiger charge is -2.23. The van der Waals surface area contributed by atoms with E-state index < -0.39 is 0 Å². The zero-order valence-corrected chi connectivity index (χ0v) is 19.2. The van der Waals surface area contributed by atoms with Gasteiger partial charge in [-0.3, -0.25) is 0 Å². The second kappa shape index (κ2) is 9.20. The van der Waals surface area contributed by atoms with E-state index in [9.17, 15) is 0 Å². The van der Waals surface area contributed by atoms with Crippen molar-refractivity contribution in [1.29, 1.82) is 5.26 Å². The van der Waals surface area contributed by atoms with E-state index in [0.29, 0.717) is 26.5 Å². The molecule has 29 heavy (non-hydrogen) atoms. The van der Waals surface area contributed by atoms with E-state index >= 15 is 0 Å². The van der Waals surface area contributed by atoms with Crippen molar-refractivity contribution in [2.75, 3.05) is 10.2 Å². The van der Waals surface area contributed by atoms with E-state index in [-0.39, 0.29) is 24.0 Å². The van der Waals surface area contributed by atoms with Gasteiger partial charge in [0.1, 0.15) is 5.69 Å². The Balaban J connectivity index is 0.00000240. The molecule has 0 amide bonds. The van der Waals surface area contributed by atoms with E-state index in [2.05, 4.69) is 6.07 Å². The number of hydrogen-bond donors (Lipinski definition) is 1. The Labute approximate surface area is 200 Å². The molecule has 0 radical (unpaired) electrons. The van der Waals surface area contributed by atoms with Gasteiger partial charge in [0.25, 0.3) is 5.84 Å². The van der Waals surface area contributed by atoms with Gasteiger partial charge in [-0.1, -0.05) is 46.0 Å². The molecule has 5 nitrogen and oxygen atoms in total. The molecule has 146 valence electrons. The molecule has 0 atom stereocenters. The number of amidine groups is 1. The normalized spacial score (nSPS) is 13.0.